The summed E-state index contributed by atoms with van der Waals surface area (Å²) in [6, 6.07) is 0. The number of carboxylic acid groups (broad SMARTS) is 1. The molecule has 15 heavy (non-hydrogen) atoms. The third kappa shape index (κ3) is 0.967. The Morgan fingerprint density at radius 2 is 1.60 bits per heavy atom. The second-order valence-electron chi connectivity index (χ2n) is 5.66. The van der Waals surface area contributed by atoms with Crippen molar-refractivity contribution < 1.29 is 20.1 Å². The number of aliphatic hydroxyl groups is 2. The normalized spacial score (nSPS) is 50.7. The van der Waals surface area contributed by atoms with E-state index in [0.717, 1.165) is 19.3 Å². The van der Waals surface area contributed by atoms with E-state index in [-0.39, 0.29) is 5.92 Å². The molecule has 0 aromatic heterocycles. The lowest BCUT2D eigenvalue weighted by atomic mass is 9.46. The first kappa shape index (κ1) is 9.60. The molecule has 4 saturated carbocycles. The van der Waals surface area contributed by atoms with Crippen LogP contribution in [-0.4, -0.2) is 27.1 Å². The lowest BCUT2D eigenvalue weighted by Gasteiger charge is -2.60. The Labute approximate surface area is 87.9 Å². The summed E-state index contributed by atoms with van der Waals surface area (Å²) >= 11 is 0. The van der Waals surface area contributed by atoms with Gasteiger partial charge in [0.1, 0.15) is 5.41 Å². The first-order valence-electron chi connectivity index (χ1n) is 5.64. The number of rotatable bonds is 1. The van der Waals surface area contributed by atoms with Crippen LogP contribution in [0.25, 0.3) is 0 Å². The number of hydrogen-bond donors (Lipinski definition) is 3. The number of aliphatic carboxylic acids is 1. The molecule has 4 nitrogen and oxygen atoms in total. The standard InChI is InChI=1S/C11H16O4/c12-9(13)10-4-6-1-7(5-10)3-8(2-6)11(10,14)15/h6-8,14-15H,1-5H2,(H,12,13). The summed E-state index contributed by atoms with van der Waals surface area (Å²) in [5.41, 5.74) is -1.28. The van der Waals surface area contributed by atoms with E-state index in [2.05, 4.69) is 0 Å². The Bertz CT molecular complexity index is 309. The van der Waals surface area contributed by atoms with Crippen molar-refractivity contribution in [2.75, 3.05) is 0 Å². The third-order valence-electron chi connectivity index (χ3n) is 4.86. The molecule has 0 heterocycles. The van der Waals surface area contributed by atoms with E-state index < -0.39 is 17.2 Å². The summed E-state index contributed by atoms with van der Waals surface area (Å²) in [5, 5.41) is 29.5. The molecule has 4 rings (SSSR count). The molecule has 0 aromatic carbocycles. The number of hydrogen-bond acceptors (Lipinski definition) is 3. The van der Waals surface area contributed by atoms with Crippen molar-refractivity contribution in [2.24, 2.45) is 23.2 Å². The molecule has 0 aliphatic heterocycles. The van der Waals surface area contributed by atoms with Crippen LogP contribution in [0.2, 0.25) is 0 Å². The first-order chi connectivity index (χ1) is 6.96. The summed E-state index contributed by atoms with van der Waals surface area (Å²) in [7, 11) is 0. The van der Waals surface area contributed by atoms with Gasteiger partial charge in [0, 0.05) is 5.92 Å². The van der Waals surface area contributed by atoms with Crippen molar-refractivity contribution >= 4 is 5.97 Å². The van der Waals surface area contributed by atoms with Crippen LogP contribution in [-0.2, 0) is 4.79 Å². The van der Waals surface area contributed by atoms with Crippen LogP contribution in [0.5, 0.6) is 0 Å². The maximum atomic E-state index is 11.3. The largest absolute Gasteiger partial charge is 0.481 e. The van der Waals surface area contributed by atoms with Crippen LogP contribution >= 0.6 is 0 Å². The van der Waals surface area contributed by atoms with E-state index in [0.29, 0.717) is 24.7 Å². The highest BCUT2D eigenvalue weighted by Gasteiger charge is 2.68. The van der Waals surface area contributed by atoms with Gasteiger partial charge in [0.15, 0.2) is 5.79 Å². The molecule has 0 radical (unpaired) electrons. The smallest absolute Gasteiger partial charge is 0.315 e. The van der Waals surface area contributed by atoms with Crippen LogP contribution in [0.3, 0.4) is 0 Å². The van der Waals surface area contributed by atoms with Gasteiger partial charge in [-0.25, -0.2) is 0 Å². The van der Waals surface area contributed by atoms with Crippen LogP contribution in [0.1, 0.15) is 32.1 Å². The zero-order valence-corrected chi connectivity index (χ0v) is 8.52. The molecule has 0 amide bonds. The van der Waals surface area contributed by atoms with E-state index in [1.807, 2.05) is 0 Å². The lowest BCUT2D eigenvalue weighted by Crippen LogP contribution is -2.67. The summed E-state index contributed by atoms with van der Waals surface area (Å²) in [5.74, 6) is -2.43. The molecular formula is C11H16O4. The van der Waals surface area contributed by atoms with Crippen molar-refractivity contribution in [3.63, 3.8) is 0 Å². The van der Waals surface area contributed by atoms with Gasteiger partial charge in [0.05, 0.1) is 0 Å². The highest BCUT2D eigenvalue weighted by Crippen LogP contribution is 2.63. The molecule has 3 N–H and O–H groups in total. The van der Waals surface area contributed by atoms with Gasteiger partial charge in [-0.05, 0) is 43.9 Å². The topological polar surface area (TPSA) is 77.8 Å². The highest BCUT2D eigenvalue weighted by molar-refractivity contribution is 5.77. The summed E-state index contributed by atoms with van der Waals surface area (Å²) in [6.45, 7) is 0. The van der Waals surface area contributed by atoms with E-state index in [4.69, 9.17) is 0 Å². The Balaban J connectivity index is 2.08. The average molecular weight is 212 g/mol. The molecule has 4 aliphatic rings. The van der Waals surface area contributed by atoms with Crippen molar-refractivity contribution in [1.29, 1.82) is 0 Å². The molecule has 0 saturated heterocycles. The van der Waals surface area contributed by atoms with Gasteiger partial charge in [-0.15, -0.1) is 0 Å². The Hall–Kier alpha value is -0.610. The molecule has 4 aliphatic carbocycles. The van der Waals surface area contributed by atoms with Gasteiger partial charge in [-0.1, -0.05) is 0 Å². The van der Waals surface area contributed by atoms with Gasteiger partial charge in [-0.2, -0.15) is 0 Å². The zero-order valence-electron chi connectivity index (χ0n) is 8.52. The number of carbonyl (C=O) groups is 1. The molecule has 0 spiro atoms. The van der Waals surface area contributed by atoms with Gasteiger partial charge in [0.2, 0.25) is 0 Å². The van der Waals surface area contributed by atoms with E-state index in [9.17, 15) is 20.1 Å². The minimum absolute atomic E-state index is 0.222. The van der Waals surface area contributed by atoms with Crippen LogP contribution in [0.4, 0.5) is 0 Å². The lowest BCUT2D eigenvalue weighted by molar-refractivity contribution is -0.329. The van der Waals surface area contributed by atoms with Crippen LogP contribution in [0, 0.1) is 23.2 Å². The fourth-order valence-electron chi connectivity index (χ4n) is 4.32. The van der Waals surface area contributed by atoms with Crippen LogP contribution in [0.15, 0.2) is 0 Å². The van der Waals surface area contributed by atoms with Crippen molar-refractivity contribution in [3.05, 3.63) is 0 Å². The van der Waals surface area contributed by atoms with Crippen LogP contribution < -0.4 is 0 Å². The fourth-order valence-corrected chi connectivity index (χ4v) is 4.32. The molecule has 2 atom stereocenters. The summed E-state index contributed by atoms with van der Waals surface area (Å²) in [6.07, 6.45) is 3.56. The molecule has 84 valence electrons. The summed E-state index contributed by atoms with van der Waals surface area (Å²) in [4.78, 5) is 11.3. The van der Waals surface area contributed by atoms with E-state index >= 15 is 0 Å². The maximum Gasteiger partial charge on any atom is 0.315 e. The Kier molecular flexibility index (Phi) is 1.63. The van der Waals surface area contributed by atoms with Crippen molar-refractivity contribution in [2.45, 2.75) is 37.9 Å². The van der Waals surface area contributed by atoms with Gasteiger partial charge >= 0.3 is 5.97 Å². The minimum atomic E-state index is -1.98. The molecule has 4 fully saturated rings. The number of carboxylic acids is 1. The van der Waals surface area contributed by atoms with E-state index in [1.165, 1.54) is 0 Å². The average Bonchev–Trinajstić information content (AvgIpc) is 2.13. The molecule has 2 unspecified atom stereocenters. The van der Waals surface area contributed by atoms with Gasteiger partial charge < -0.3 is 15.3 Å². The first-order valence-corrected chi connectivity index (χ1v) is 5.64. The second-order valence-corrected chi connectivity index (χ2v) is 5.66. The van der Waals surface area contributed by atoms with Gasteiger partial charge in [-0.3, -0.25) is 4.79 Å². The Morgan fingerprint density at radius 3 is 2.07 bits per heavy atom. The minimum Gasteiger partial charge on any atom is -0.481 e. The zero-order chi connectivity index (χ0) is 10.8. The van der Waals surface area contributed by atoms with Crippen molar-refractivity contribution in [3.8, 4) is 0 Å². The quantitative estimate of drug-likeness (QED) is 0.555. The monoisotopic (exact) mass is 212 g/mol. The summed E-state index contributed by atoms with van der Waals surface area (Å²) < 4.78 is 0. The fraction of sp³-hybridized carbons (Fsp3) is 0.909. The van der Waals surface area contributed by atoms with E-state index in [1.54, 1.807) is 0 Å². The predicted octanol–water partition coefficient (Wildman–Crippen LogP) is 0.578. The molecule has 0 aromatic rings. The molecule has 4 heteroatoms. The second kappa shape index (κ2) is 2.55. The SMILES string of the molecule is O=C(O)C12CC3CC(CC(C3)C1(O)O)C2. The molecular weight excluding hydrogens is 196 g/mol. The van der Waals surface area contributed by atoms with Gasteiger partial charge in [0.25, 0.3) is 0 Å². The van der Waals surface area contributed by atoms with Crippen molar-refractivity contribution in [1.82, 2.24) is 0 Å². The molecule has 4 bridgehead atoms. The maximum absolute atomic E-state index is 11.3. The Morgan fingerprint density at radius 1 is 1.07 bits per heavy atom. The third-order valence-corrected chi connectivity index (χ3v) is 4.86. The predicted molar refractivity (Wildman–Crippen MR) is 50.8 cm³/mol. The highest BCUT2D eigenvalue weighted by atomic mass is 16.5.